The lowest BCUT2D eigenvalue weighted by Gasteiger charge is -2.26. The van der Waals surface area contributed by atoms with Crippen LogP contribution in [0.2, 0.25) is 10.0 Å². The first-order chi connectivity index (χ1) is 11.6. The van der Waals surface area contributed by atoms with Gasteiger partial charge in [-0.25, -0.2) is 0 Å². The van der Waals surface area contributed by atoms with Gasteiger partial charge in [-0.1, -0.05) is 23.2 Å². The number of nitrogens with zero attached hydrogens (tertiary/aromatic N) is 1. The second kappa shape index (κ2) is 8.21. The largest absolute Gasteiger partial charge is 0.482 e. The van der Waals surface area contributed by atoms with Crippen molar-refractivity contribution >= 4 is 40.4 Å². The Bertz CT molecular complexity index is 720. The highest BCUT2D eigenvalue weighted by Crippen LogP contribution is 2.27. The molecule has 7 heteroatoms. The lowest BCUT2D eigenvalue weighted by atomic mass is 10.1. The highest BCUT2D eigenvalue weighted by atomic mass is 35.5. The van der Waals surface area contributed by atoms with Crippen LogP contribution in [0.4, 0.5) is 0 Å². The van der Waals surface area contributed by atoms with Crippen LogP contribution < -0.4 is 10.1 Å². The van der Waals surface area contributed by atoms with E-state index < -0.39 is 0 Å². The Morgan fingerprint density at radius 3 is 3.08 bits per heavy atom. The molecule has 0 fully saturated rings. The monoisotopic (exact) mass is 384 g/mol. The van der Waals surface area contributed by atoms with Gasteiger partial charge >= 0.3 is 0 Å². The fourth-order valence-electron chi connectivity index (χ4n) is 2.63. The first-order valence-electron chi connectivity index (χ1n) is 7.74. The summed E-state index contributed by atoms with van der Waals surface area (Å²) in [7, 11) is 0. The molecule has 0 unspecified atom stereocenters. The van der Waals surface area contributed by atoms with Crippen molar-refractivity contribution in [1.29, 1.82) is 0 Å². The van der Waals surface area contributed by atoms with Gasteiger partial charge in [-0.15, -0.1) is 11.3 Å². The molecule has 0 radical (unpaired) electrons. The third kappa shape index (κ3) is 4.63. The van der Waals surface area contributed by atoms with Gasteiger partial charge in [0.05, 0.1) is 5.02 Å². The second-order valence-corrected chi connectivity index (χ2v) is 7.45. The second-order valence-electron chi connectivity index (χ2n) is 5.61. The van der Waals surface area contributed by atoms with Crippen molar-refractivity contribution in [3.05, 3.63) is 50.1 Å². The summed E-state index contributed by atoms with van der Waals surface area (Å²) < 4.78 is 5.42. The summed E-state index contributed by atoms with van der Waals surface area (Å²) >= 11 is 13.7. The van der Waals surface area contributed by atoms with Gasteiger partial charge in [0.15, 0.2) is 6.61 Å². The Labute approximate surface area is 155 Å². The number of hydrogen-bond acceptors (Lipinski definition) is 4. The molecule has 1 N–H and O–H groups in total. The number of fused-ring (bicyclic) bond motifs is 1. The van der Waals surface area contributed by atoms with Crippen LogP contribution >= 0.6 is 34.5 Å². The fourth-order valence-corrected chi connectivity index (χ4v) is 3.86. The third-order valence-corrected chi connectivity index (χ3v) is 5.46. The molecule has 24 heavy (non-hydrogen) atoms. The SMILES string of the molecule is O=C(COc1cc(Cl)ccc1Cl)NCCN1CCc2sccc2C1. The molecule has 128 valence electrons. The minimum Gasteiger partial charge on any atom is -0.482 e. The Balaban J connectivity index is 1.38. The van der Waals surface area contributed by atoms with E-state index in [1.54, 1.807) is 18.2 Å². The van der Waals surface area contributed by atoms with Crippen LogP contribution in [0.3, 0.4) is 0 Å². The van der Waals surface area contributed by atoms with Gasteiger partial charge in [-0.3, -0.25) is 9.69 Å². The molecule has 1 aliphatic heterocycles. The van der Waals surface area contributed by atoms with Crippen LogP contribution in [0.1, 0.15) is 10.4 Å². The predicted molar refractivity (Wildman–Crippen MR) is 98.3 cm³/mol. The summed E-state index contributed by atoms with van der Waals surface area (Å²) in [4.78, 5) is 15.7. The molecule has 2 aromatic rings. The summed E-state index contributed by atoms with van der Waals surface area (Å²) in [5.74, 6) is 0.250. The average Bonchev–Trinajstić information content (AvgIpc) is 3.03. The zero-order valence-corrected chi connectivity index (χ0v) is 15.4. The maximum atomic E-state index is 11.9. The van der Waals surface area contributed by atoms with Crippen LogP contribution in [-0.4, -0.2) is 37.0 Å². The summed E-state index contributed by atoms with van der Waals surface area (Å²) in [6, 6.07) is 7.11. The number of thiophene rings is 1. The Hall–Kier alpha value is -1.27. The van der Waals surface area contributed by atoms with E-state index in [1.165, 1.54) is 10.4 Å². The summed E-state index contributed by atoms with van der Waals surface area (Å²) in [6.07, 6.45) is 1.09. The van der Waals surface area contributed by atoms with E-state index in [0.717, 1.165) is 26.1 Å². The first-order valence-corrected chi connectivity index (χ1v) is 9.37. The van der Waals surface area contributed by atoms with Gasteiger partial charge in [0, 0.05) is 42.1 Å². The molecule has 4 nitrogen and oxygen atoms in total. The van der Waals surface area contributed by atoms with Crippen LogP contribution in [-0.2, 0) is 17.8 Å². The van der Waals surface area contributed by atoms with E-state index in [-0.39, 0.29) is 12.5 Å². The molecule has 0 saturated heterocycles. The van der Waals surface area contributed by atoms with Crippen LogP contribution in [0, 0.1) is 0 Å². The van der Waals surface area contributed by atoms with Crippen molar-refractivity contribution < 1.29 is 9.53 Å². The number of halogens is 2. The fraction of sp³-hybridized carbons (Fsp3) is 0.353. The van der Waals surface area contributed by atoms with Crippen LogP contribution in [0.15, 0.2) is 29.6 Å². The highest BCUT2D eigenvalue weighted by molar-refractivity contribution is 7.10. The van der Waals surface area contributed by atoms with E-state index in [1.807, 2.05) is 11.3 Å². The standard InChI is InChI=1S/C17H18Cl2N2O2S/c18-13-1-2-14(19)15(9-13)23-11-17(22)20-5-7-21-6-3-16-12(10-21)4-8-24-16/h1-2,4,8-9H,3,5-7,10-11H2,(H,20,22). The number of rotatable bonds is 6. The number of amides is 1. The Kier molecular flexibility index (Phi) is 6.00. The molecule has 0 bridgehead atoms. The summed E-state index contributed by atoms with van der Waals surface area (Å²) in [5.41, 5.74) is 1.41. The molecule has 0 saturated carbocycles. The maximum absolute atomic E-state index is 11.9. The Morgan fingerprint density at radius 2 is 2.21 bits per heavy atom. The highest BCUT2D eigenvalue weighted by Gasteiger charge is 2.16. The van der Waals surface area contributed by atoms with Gasteiger partial charge in [0.25, 0.3) is 5.91 Å². The zero-order valence-electron chi connectivity index (χ0n) is 13.1. The van der Waals surface area contributed by atoms with Gasteiger partial charge in [-0.2, -0.15) is 0 Å². The van der Waals surface area contributed by atoms with Crippen molar-refractivity contribution in [3.8, 4) is 5.75 Å². The van der Waals surface area contributed by atoms with E-state index in [4.69, 9.17) is 27.9 Å². The molecule has 1 aromatic carbocycles. The smallest absolute Gasteiger partial charge is 0.257 e. The molecule has 3 rings (SSSR count). The normalized spacial score (nSPS) is 14.2. The molecular formula is C17H18Cl2N2O2S. The van der Waals surface area contributed by atoms with E-state index >= 15 is 0 Å². The molecule has 0 spiro atoms. The lowest BCUT2D eigenvalue weighted by Crippen LogP contribution is -2.38. The molecule has 1 amide bonds. The topological polar surface area (TPSA) is 41.6 Å². The van der Waals surface area contributed by atoms with Crippen molar-refractivity contribution in [1.82, 2.24) is 10.2 Å². The minimum absolute atomic E-state index is 0.0747. The maximum Gasteiger partial charge on any atom is 0.257 e. The summed E-state index contributed by atoms with van der Waals surface area (Å²) in [5, 5.41) is 5.98. The van der Waals surface area contributed by atoms with Gasteiger partial charge in [-0.05, 0) is 35.6 Å². The number of nitrogens with one attached hydrogen (secondary N) is 1. The third-order valence-electron chi connectivity index (χ3n) is 3.89. The molecule has 0 atom stereocenters. The van der Waals surface area contributed by atoms with Crippen molar-refractivity contribution in [3.63, 3.8) is 0 Å². The van der Waals surface area contributed by atoms with E-state index in [2.05, 4.69) is 21.7 Å². The lowest BCUT2D eigenvalue weighted by molar-refractivity contribution is -0.123. The molecule has 1 aromatic heterocycles. The Morgan fingerprint density at radius 1 is 1.33 bits per heavy atom. The van der Waals surface area contributed by atoms with Gasteiger partial charge in [0.2, 0.25) is 0 Å². The van der Waals surface area contributed by atoms with E-state index in [0.29, 0.717) is 22.3 Å². The van der Waals surface area contributed by atoms with Gasteiger partial charge < -0.3 is 10.1 Å². The van der Waals surface area contributed by atoms with Crippen molar-refractivity contribution in [2.45, 2.75) is 13.0 Å². The quantitative estimate of drug-likeness (QED) is 0.826. The van der Waals surface area contributed by atoms with Crippen molar-refractivity contribution in [2.75, 3.05) is 26.2 Å². The van der Waals surface area contributed by atoms with Gasteiger partial charge in [0.1, 0.15) is 5.75 Å². The number of benzene rings is 1. The number of carbonyl (C=O) groups is 1. The van der Waals surface area contributed by atoms with Crippen molar-refractivity contribution in [2.24, 2.45) is 0 Å². The number of ether oxygens (including phenoxy) is 1. The van der Waals surface area contributed by atoms with E-state index in [9.17, 15) is 4.79 Å². The minimum atomic E-state index is -0.167. The average molecular weight is 385 g/mol. The molecular weight excluding hydrogens is 367 g/mol. The molecule has 0 aliphatic carbocycles. The molecule has 1 aliphatic rings. The number of hydrogen-bond donors (Lipinski definition) is 1. The van der Waals surface area contributed by atoms with Crippen LogP contribution in [0.25, 0.3) is 0 Å². The molecule has 2 heterocycles. The number of carbonyl (C=O) groups excluding carboxylic acids is 1. The zero-order chi connectivity index (χ0) is 16.9. The predicted octanol–water partition coefficient (Wildman–Crippen LogP) is 3.61. The summed E-state index contributed by atoms with van der Waals surface area (Å²) in [6.45, 7) is 3.36. The first kappa shape index (κ1) is 17.5. The van der Waals surface area contributed by atoms with Crippen LogP contribution in [0.5, 0.6) is 5.75 Å².